The standard InChI is InChI=1S/C13H29N3/c1-11(2)13(16(3)4)10-14-9-12-7-5-6-8-15-12/h11-15H,5-10H2,1-4H3. The highest BCUT2D eigenvalue weighted by molar-refractivity contribution is 4.77. The Morgan fingerprint density at radius 1 is 1.31 bits per heavy atom. The number of likely N-dealkylation sites (N-methyl/N-ethyl adjacent to an activating group) is 1. The average Bonchev–Trinajstić information content (AvgIpc) is 2.24. The van der Waals surface area contributed by atoms with Crippen LogP contribution >= 0.6 is 0 Å². The lowest BCUT2D eigenvalue weighted by molar-refractivity contribution is 0.221. The number of hydrogen-bond acceptors (Lipinski definition) is 3. The van der Waals surface area contributed by atoms with E-state index in [1.807, 2.05) is 0 Å². The Morgan fingerprint density at radius 2 is 2.06 bits per heavy atom. The van der Waals surface area contributed by atoms with E-state index in [9.17, 15) is 0 Å². The van der Waals surface area contributed by atoms with Crippen LogP contribution in [0.4, 0.5) is 0 Å². The highest BCUT2D eigenvalue weighted by atomic mass is 15.1. The summed E-state index contributed by atoms with van der Waals surface area (Å²) >= 11 is 0. The van der Waals surface area contributed by atoms with E-state index in [2.05, 4.69) is 43.5 Å². The molecule has 1 aliphatic rings. The van der Waals surface area contributed by atoms with E-state index >= 15 is 0 Å². The van der Waals surface area contributed by atoms with E-state index in [4.69, 9.17) is 0 Å². The number of hydrogen-bond donors (Lipinski definition) is 2. The zero-order valence-corrected chi connectivity index (χ0v) is 11.4. The van der Waals surface area contributed by atoms with Crippen LogP contribution < -0.4 is 10.6 Å². The second-order valence-corrected chi connectivity index (χ2v) is 5.58. The molecule has 0 aromatic rings. The maximum atomic E-state index is 3.61. The monoisotopic (exact) mass is 227 g/mol. The van der Waals surface area contributed by atoms with E-state index in [1.54, 1.807) is 0 Å². The first kappa shape index (κ1) is 13.9. The summed E-state index contributed by atoms with van der Waals surface area (Å²) in [7, 11) is 4.34. The van der Waals surface area contributed by atoms with Crippen LogP contribution in [-0.2, 0) is 0 Å². The van der Waals surface area contributed by atoms with Gasteiger partial charge in [0.15, 0.2) is 0 Å². The van der Waals surface area contributed by atoms with Gasteiger partial charge in [0.2, 0.25) is 0 Å². The third kappa shape index (κ3) is 4.81. The topological polar surface area (TPSA) is 27.3 Å². The van der Waals surface area contributed by atoms with Crippen LogP contribution in [0, 0.1) is 5.92 Å². The molecule has 3 nitrogen and oxygen atoms in total. The van der Waals surface area contributed by atoms with Crippen molar-refractivity contribution in [2.24, 2.45) is 5.92 Å². The molecular weight excluding hydrogens is 198 g/mol. The van der Waals surface area contributed by atoms with Crippen LogP contribution in [0.3, 0.4) is 0 Å². The molecule has 1 rings (SSSR count). The van der Waals surface area contributed by atoms with Gasteiger partial charge in [-0.05, 0) is 39.4 Å². The molecule has 1 saturated heterocycles. The first-order valence-electron chi connectivity index (χ1n) is 6.71. The van der Waals surface area contributed by atoms with Crippen LogP contribution in [0.2, 0.25) is 0 Å². The van der Waals surface area contributed by atoms with Gasteiger partial charge in [-0.3, -0.25) is 0 Å². The molecule has 0 radical (unpaired) electrons. The summed E-state index contributed by atoms with van der Waals surface area (Å²) in [6.45, 7) is 8.02. The fourth-order valence-corrected chi connectivity index (χ4v) is 2.52. The lowest BCUT2D eigenvalue weighted by Gasteiger charge is -2.30. The van der Waals surface area contributed by atoms with Gasteiger partial charge in [-0.25, -0.2) is 0 Å². The Kier molecular flexibility index (Phi) is 6.32. The Morgan fingerprint density at radius 3 is 2.56 bits per heavy atom. The largest absolute Gasteiger partial charge is 0.314 e. The predicted octanol–water partition coefficient (Wildman–Crippen LogP) is 1.30. The highest BCUT2D eigenvalue weighted by Gasteiger charge is 2.16. The fourth-order valence-electron chi connectivity index (χ4n) is 2.52. The van der Waals surface area contributed by atoms with E-state index in [-0.39, 0.29) is 0 Å². The highest BCUT2D eigenvalue weighted by Crippen LogP contribution is 2.08. The normalized spacial score (nSPS) is 24.0. The smallest absolute Gasteiger partial charge is 0.0237 e. The molecule has 1 heterocycles. The number of nitrogens with one attached hydrogen (secondary N) is 2. The predicted molar refractivity (Wildman–Crippen MR) is 70.8 cm³/mol. The maximum absolute atomic E-state index is 3.61. The second-order valence-electron chi connectivity index (χ2n) is 5.58. The average molecular weight is 227 g/mol. The van der Waals surface area contributed by atoms with Crippen LogP contribution in [0.25, 0.3) is 0 Å². The minimum absolute atomic E-state index is 0.642. The molecule has 2 unspecified atom stereocenters. The van der Waals surface area contributed by atoms with Crippen LogP contribution in [-0.4, -0.2) is 50.7 Å². The Labute approximate surface area is 101 Å². The third-order valence-electron chi connectivity index (χ3n) is 3.59. The molecule has 2 N–H and O–H groups in total. The van der Waals surface area contributed by atoms with Gasteiger partial charge in [-0.1, -0.05) is 20.3 Å². The molecule has 0 spiro atoms. The van der Waals surface area contributed by atoms with Crippen molar-refractivity contribution in [3.63, 3.8) is 0 Å². The molecular formula is C13H29N3. The van der Waals surface area contributed by atoms with Gasteiger partial charge in [0.05, 0.1) is 0 Å². The summed E-state index contributed by atoms with van der Waals surface area (Å²) in [6.07, 6.45) is 4.07. The zero-order chi connectivity index (χ0) is 12.0. The third-order valence-corrected chi connectivity index (χ3v) is 3.59. The Bertz CT molecular complexity index is 166. The first-order valence-corrected chi connectivity index (χ1v) is 6.71. The number of rotatable bonds is 6. The van der Waals surface area contributed by atoms with Gasteiger partial charge < -0.3 is 15.5 Å². The van der Waals surface area contributed by atoms with Crippen molar-refractivity contribution in [2.75, 3.05) is 33.7 Å². The number of piperidine rings is 1. The van der Waals surface area contributed by atoms with Gasteiger partial charge in [0.1, 0.15) is 0 Å². The zero-order valence-electron chi connectivity index (χ0n) is 11.4. The van der Waals surface area contributed by atoms with Gasteiger partial charge in [0.25, 0.3) is 0 Å². The molecule has 0 aromatic heterocycles. The maximum Gasteiger partial charge on any atom is 0.0237 e. The summed E-state index contributed by atoms with van der Waals surface area (Å²) in [5.74, 6) is 0.710. The van der Waals surface area contributed by atoms with E-state index in [0.717, 1.165) is 13.1 Å². The first-order chi connectivity index (χ1) is 7.61. The molecule has 0 aromatic carbocycles. The van der Waals surface area contributed by atoms with Gasteiger partial charge in [-0.2, -0.15) is 0 Å². The fraction of sp³-hybridized carbons (Fsp3) is 1.00. The molecule has 1 aliphatic heterocycles. The molecule has 3 heteroatoms. The molecule has 0 amide bonds. The Balaban J connectivity index is 2.16. The van der Waals surface area contributed by atoms with Crippen LogP contribution in [0.1, 0.15) is 33.1 Å². The van der Waals surface area contributed by atoms with Crippen LogP contribution in [0.5, 0.6) is 0 Å². The lowest BCUT2D eigenvalue weighted by Crippen LogP contribution is -2.47. The van der Waals surface area contributed by atoms with Crippen molar-refractivity contribution in [3.05, 3.63) is 0 Å². The van der Waals surface area contributed by atoms with Crippen molar-refractivity contribution in [1.82, 2.24) is 15.5 Å². The van der Waals surface area contributed by atoms with E-state index < -0.39 is 0 Å². The van der Waals surface area contributed by atoms with Crippen molar-refractivity contribution in [1.29, 1.82) is 0 Å². The quantitative estimate of drug-likeness (QED) is 0.716. The molecule has 0 aliphatic carbocycles. The van der Waals surface area contributed by atoms with Crippen molar-refractivity contribution >= 4 is 0 Å². The molecule has 0 saturated carbocycles. The van der Waals surface area contributed by atoms with E-state index in [0.29, 0.717) is 18.0 Å². The lowest BCUT2D eigenvalue weighted by atomic mass is 10.0. The van der Waals surface area contributed by atoms with Crippen molar-refractivity contribution < 1.29 is 0 Å². The SMILES string of the molecule is CC(C)C(CNCC1CCCCN1)N(C)C. The van der Waals surface area contributed by atoms with Crippen molar-refractivity contribution in [2.45, 2.75) is 45.2 Å². The minimum atomic E-state index is 0.642. The van der Waals surface area contributed by atoms with Gasteiger partial charge >= 0.3 is 0 Å². The van der Waals surface area contributed by atoms with Gasteiger partial charge in [-0.15, -0.1) is 0 Å². The number of nitrogens with zero attached hydrogens (tertiary/aromatic N) is 1. The van der Waals surface area contributed by atoms with Crippen molar-refractivity contribution in [3.8, 4) is 0 Å². The van der Waals surface area contributed by atoms with Crippen LogP contribution in [0.15, 0.2) is 0 Å². The summed E-state index contributed by atoms with van der Waals surface area (Å²) in [6, 6.07) is 1.34. The minimum Gasteiger partial charge on any atom is -0.314 e. The molecule has 96 valence electrons. The second kappa shape index (κ2) is 7.25. The Hall–Kier alpha value is -0.120. The summed E-state index contributed by atoms with van der Waals surface area (Å²) in [5.41, 5.74) is 0. The summed E-state index contributed by atoms with van der Waals surface area (Å²) in [4.78, 5) is 2.33. The van der Waals surface area contributed by atoms with Gasteiger partial charge in [0, 0.05) is 25.2 Å². The van der Waals surface area contributed by atoms with E-state index in [1.165, 1.54) is 25.8 Å². The summed E-state index contributed by atoms with van der Waals surface area (Å²) in [5, 5.41) is 7.19. The molecule has 16 heavy (non-hydrogen) atoms. The summed E-state index contributed by atoms with van der Waals surface area (Å²) < 4.78 is 0. The molecule has 2 atom stereocenters. The molecule has 0 bridgehead atoms. The molecule has 1 fully saturated rings.